The fourth-order valence-electron chi connectivity index (χ4n) is 2.59. The van der Waals surface area contributed by atoms with E-state index in [4.69, 9.17) is 4.74 Å². The maximum atomic E-state index is 12.1. The maximum Gasteiger partial charge on any atom is 0.332 e. The zero-order valence-electron chi connectivity index (χ0n) is 11.3. The lowest BCUT2D eigenvalue weighted by molar-refractivity contribution is -0.00829. The van der Waals surface area contributed by atoms with Crippen molar-refractivity contribution in [3.8, 4) is 0 Å². The molecule has 0 saturated carbocycles. The normalized spacial score (nSPS) is 27.7. The first-order valence-electron chi connectivity index (χ1n) is 6.40. The van der Waals surface area contributed by atoms with Gasteiger partial charge in [0.1, 0.15) is 6.23 Å². The first-order chi connectivity index (χ1) is 8.45. The minimum atomic E-state index is -0.306. The third kappa shape index (κ3) is 2.03. The van der Waals surface area contributed by atoms with Gasteiger partial charge in [-0.25, -0.2) is 4.79 Å². The van der Waals surface area contributed by atoms with E-state index in [9.17, 15) is 9.59 Å². The minimum Gasteiger partial charge on any atom is -0.354 e. The zero-order valence-corrected chi connectivity index (χ0v) is 11.3. The summed E-state index contributed by atoms with van der Waals surface area (Å²) in [7, 11) is 1.50. The molecule has 5 heteroatoms. The molecule has 1 fully saturated rings. The van der Waals surface area contributed by atoms with Crippen molar-refractivity contribution in [2.24, 2.45) is 13.0 Å². The molecule has 5 nitrogen and oxygen atoms in total. The van der Waals surface area contributed by atoms with Crippen LogP contribution in [0.5, 0.6) is 0 Å². The van der Waals surface area contributed by atoms with Crippen molar-refractivity contribution in [1.29, 1.82) is 0 Å². The van der Waals surface area contributed by atoms with Crippen LogP contribution in [0.1, 0.15) is 38.5 Å². The molecule has 1 aromatic heterocycles. The highest BCUT2D eigenvalue weighted by molar-refractivity contribution is 5.03. The van der Waals surface area contributed by atoms with E-state index >= 15 is 0 Å². The molecule has 1 aliphatic heterocycles. The van der Waals surface area contributed by atoms with Crippen molar-refractivity contribution in [2.75, 3.05) is 0 Å². The second kappa shape index (κ2) is 4.72. The number of aryl methyl sites for hydroxylation is 1. The van der Waals surface area contributed by atoms with Crippen molar-refractivity contribution >= 4 is 0 Å². The number of aromatic nitrogens is 2. The molecule has 0 aromatic carbocycles. The summed E-state index contributed by atoms with van der Waals surface area (Å²) in [6.07, 6.45) is 3.32. The molecule has 0 bridgehead atoms. The number of ether oxygens (including phenoxy) is 1. The summed E-state index contributed by atoms with van der Waals surface area (Å²) in [5, 5.41) is 0. The van der Waals surface area contributed by atoms with E-state index in [0.717, 1.165) is 17.4 Å². The van der Waals surface area contributed by atoms with Gasteiger partial charge in [0.05, 0.1) is 6.10 Å². The van der Waals surface area contributed by atoms with Gasteiger partial charge in [0.25, 0.3) is 5.56 Å². The Morgan fingerprint density at radius 1 is 1.44 bits per heavy atom. The minimum absolute atomic E-state index is 0.194. The lowest BCUT2D eigenvalue weighted by Gasteiger charge is -2.16. The van der Waals surface area contributed by atoms with Crippen LogP contribution < -0.4 is 11.2 Å². The first-order valence-corrected chi connectivity index (χ1v) is 6.40. The Balaban J connectivity index is 2.42. The van der Waals surface area contributed by atoms with Gasteiger partial charge in [-0.05, 0) is 25.7 Å². The van der Waals surface area contributed by atoms with Crippen molar-refractivity contribution in [2.45, 2.75) is 45.9 Å². The topological polar surface area (TPSA) is 53.2 Å². The van der Waals surface area contributed by atoms with E-state index in [1.165, 1.54) is 7.05 Å². The molecule has 100 valence electrons. The quantitative estimate of drug-likeness (QED) is 0.794. The molecular weight excluding hydrogens is 232 g/mol. The van der Waals surface area contributed by atoms with Gasteiger partial charge in [-0.15, -0.1) is 0 Å². The standard InChI is InChI=1S/C13H20N2O3/c1-5-10-8(2)6-11(18-10)15-7-9(3)12(16)14(4)13(15)17/h7-8,10-11H,5-6H2,1-4H3/t8?,10-,11-/m0/s1. The molecule has 0 amide bonds. The third-order valence-corrected chi connectivity index (χ3v) is 3.74. The molecule has 1 aromatic rings. The van der Waals surface area contributed by atoms with Gasteiger partial charge in [0.15, 0.2) is 0 Å². The highest BCUT2D eigenvalue weighted by Crippen LogP contribution is 2.33. The summed E-state index contributed by atoms with van der Waals surface area (Å²) in [6.45, 7) is 5.93. The predicted octanol–water partition coefficient (Wildman–Crippen LogP) is 1.19. The van der Waals surface area contributed by atoms with Gasteiger partial charge in [0.2, 0.25) is 0 Å². The van der Waals surface area contributed by atoms with Gasteiger partial charge >= 0.3 is 5.69 Å². The van der Waals surface area contributed by atoms with Crippen LogP contribution in [0.4, 0.5) is 0 Å². The average Bonchev–Trinajstić information content (AvgIpc) is 2.72. The van der Waals surface area contributed by atoms with E-state index in [1.807, 2.05) is 0 Å². The van der Waals surface area contributed by atoms with Crippen LogP contribution in [-0.4, -0.2) is 15.2 Å². The molecule has 0 spiro atoms. The van der Waals surface area contributed by atoms with Crippen LogP contribution in [0, 0.1) is 12.8 Å². The summed E-state index contributed by atoms with van der Waals surface area (Å²) in [6, 6.07) is 0. The lowest BCUT2D eigenvalue weighted by atomic mass is 10.0. The molecule has 3 atom stereocenters. The summed E-state index contributed by atoms with van der Waals surface area (Å²) in [4.78, 5) is 23.7. The van der Waals surface area contributed by atoms with Crippen LogP contribution >= 0.6 is 0 Å². The van der Waals surface area contributed by atoms with Crippen LogP contribution in [0.15, 0.2) is 15.8 Å². The molecule has 1 unspecified atom stereocenters. The van der Waals surface area contributed by atoms with Gasteiger partial charge in [0, 0.05) is 18.8 Å². The monoisotopic (exact) mass is 252 g/mol. The van der Waals surface area contributed by atoms with E-state index < -0.39 is 0 Å². The number of rotatable bonds is 2. The Bertz CT molecular complexity index is 558. The second-order valence-corrected chi connectivity index (χ2v) is 5.12. The highest BCUT2D eigenvalue weighted by atomic mass is 16.5. The van der Waals surface area contributed by atoms with E-state index in [0.29, 0.717) is 11.5 Å². The smallest absolute Gasteiger partial charge is 0.332 e. The summed E-state index contributed by atoms with van der Waals surface area (Å²) < 4.78 is 8.57. The Labute approximate surface area is 106 Å². The number of nitrogens with zero attached hydrogens (tertiary/aromatic N) is 2. The fourth-order valence-corrected chi connectivity index (χ4v) is 2.59. The Morgan fingerprint density at radius 3 is 2.67 bits per heavy atom. The molecule has 1 aliphatic rings. The van der Waals surface area contributed by atoms with Gasteiger partial charge in [-0.1, -0.05) is 13.8 Å². The molecule has 0 N–H and O–H groups in total. The Hall–Kier alpha value is -1.36. The van der Waals surface area contributed by atoms with E-state index in [-0.39, 0.29) is 23.6 Å². The predicted molar refractivity (Wildman–Crippen MR) is 68.7 cm³/mol. The molecular formula is C13H20N2O3. The summed E-state index contributed by atoms with van der Waals surface area (Å²) in [5.41, 5.74) is 0.0159. The first kappa shape index (κ1) is 13.1. The fraction of sp³-hybridized carbons (Fsp3) is 0.692. The van der Waals surface area contributed by atoms with Crippen molar-refractivity contribution in [3.05, 3.63) is 32.6 Å². The van der Waals surface area contributed by atoms with Crippen LogP contribution in [0.3, 0.4) is 0 Å². The van der Waals surface area contributed by atoms with Gasteiger partial charge < -0.3 is 4.74 Å². The zero-order chi connectivity index (χ0) is 13.4. The van der Waals surface area contributed by atoms with E-state index in [1.54, 1.807) is 17.7 Å². The van der Waals surface area contributed by atoms with Crippen molar-refractivity contribution in [1.82, 2.24) is 9.13 Å². The van der Waals surface area contributed by atoms with Crippen LogP contribution in [-0.2, 0) is 11.8 Å². The second-order valence-electron chi connectivity index (χ2n) is 5.12. The van der Waals surface area contributed by atoms with Gasteiger partial charge in [-0.3, -0.25) is 13.9 Å². The Morgan fingerprint density at radius 2 is 2.11 bits per heavy atom. The number of hydrogen-bond donors (Lipinski definition) is 0. The maximum absolute atomic E-state index is 12.1. The Kier molecular flexibility index (Phi) is 3.43. The molecule has 0 aliphatic carbocycles. The molecule has 2 heterocycles. The molecule has 1 saturated heterocycles. The van der Waals surface area contributed by atoms with Crippen molar-refractivity contribution < 1.29 is 4.74 Å². The van der Waals surface area contributed by atoms with Crippen molar-refractivity contribution in [3.63, 3.8) is 0 Å². The largest absolute Gasteiger partial charge is 0.354 e. The summed E-state index contributed by atoms with van der Waals surface area (Å²) in [5.74, 6) is 0.435. The van der Waals surface area contributed by atoms with E-state index in [2.05, 4.69) is 13.8 Å². The number of hydrogen-bond acceptors (Lipinski definition) is 3. The average molecular weight is 252 g/mol. The SMILES string of the molecule is CC[C@@H]1O[C@H](n2cc(C)c(=O)n(C)c2=O)CC1C. The molecule has 18 heavy (non-hydrogen) atoms. The van der Waals surface area contributed by atoms with Crippen LogP contribution in [0.25, 0.3) is 0 Å². The lowest BCUT2D eigenvalue weighted by Crippen LogP contribution is -2.40. The molecule has 2 rings (SSSR count). The van der Waals surface area contributed by atoms with Crippen LogP contribution in [0.2, 0.25) is 0 Å². The van der Waals surface area contributed by atoms with Gasteiger partial charge in [-0.2, -0.15) is 0 Å². The third-order valence-electron chi connectivity index (χ3n) is 3.74. The highest BCUT2D eigenvalue weighted by Gasteiger charge is 2.32. The summed E-state index contributed by atoms with van der Waals surface area (Å²) >= 11 is 0. The molecule has 0 radical (unpaired) electrons.